The molecule has 0 radical (unpaired) electrons. The standard InChI is InChI=1S/C21H15ClN2O5S2/c1-30-16-5-3-2-4-11(16)9-29-12-6-7-13(22)15(8-12)24-19(25)17-14(23-21(24)28)10-31-18(17)20(26)27/h2-8,10H,9H2,1H3,(H,23,28)(H,26,27). The number of thiophene rings is 1. The number of carboxylic acids is 1. The van der Waals surface area contributed by atoms with Crippen molar-refractivity contribution >= 4 is 51.6 Å². The van der Waals surface area contributed by atoms with Gasteiger partial charge in [-0.1, -0.05) is 29.8 Å². The number of aromatic nitrogens is 2. The molecule has 7 nitrogen and oxygen atoms in total. The number of nitrogens with one attached hydrogen (secondary N) is 1. The van der Waals surface area contributed by atoms with Crippen molar-refractivity contribution in [3.8, 4) is 11.4 Å². The van der Waals surface area contributed by atoms with Crippen LogP contribution in [-0.2, 0) is 6.61 Å². The summed E-state index contributed by atoms with van der Waals surface area (Å²) < 4.78 is 6.70. The average molecular weight is 475 g/mol. The van der Waals surface area contributed by atoms with Gasteiger partial charge >= 0.3 is 11.7 Å². The lowest BCUT2D eigenvalue weighted by Gasteiger charge is -2.12. The molecule has 4 rings (SSSR count). The predicted octanol–water partition coefficient (Wildman–Crippen LogP) is 4.39. The summed E-state index contributed by atoms with van der Waals surface area (Å²) in [7, 11) is 0. The lowest BCUT2D eigenvalue weighted by Crippen LogP contribution is -2.34. The van der Waals surface area contributed by atoms with Gasteiger partial charge in [0.15, 0.2) is 0 Å². The number of H-pyrrole nitrogens is 1. The van der Waals surface area contributed by atoms with Crippen molar-refractivity contribution in [3.05, 3.63) is 84.1 Å². The first-order chi connectivity index (χ1) is 14.9. The third-order valence-corrected chi connectivity index (χ3v) is 6.72. The molecule has 2 N–H and O–H groups in total. The van der Waals surface area contributed by atoms with Gasteiger partial charge in [-0.15, -0.1) is 23.1 Å². The third-order valence-electron chi connectivity index (χ3n) is 4.59. The van der Waals surface area contributed by atoms with Crippen molar-refractivity contribution in [2.45, 2.75) is 11.5 Å². The van der Waals surface area contributed by atoms with Crippen LogP contribution < -0.4 is 16.0 Å². The minimum Gasteiger partial charge on any atom is -0.489 e. The Bertz CT molecular complexity index is 1420. The molecule has 0 amide bonds. The van der Waals surface area contributed by atoms with E-state index in [1.54, 1.807) is 17.8 Å². The molecule has 0 aliphatic heterocycles. The van der Waals surface area contributed by atoms with Crippen LogP contribution in [0.2, 0.25) is 5.02 Å². The molecule has 0 unspecified atom stereocenters. The average Bonchev–Trinajstić information content (AvgIpc) is 3.18. The minimum absolute atomic E-state index is 0.0756. The highest BCUT2D eigenvalue weighted by atomic mass is 35.5. The Morgan fingerprint density at radius 1 is 1.26 bits per heavy atom. The maximum absolute atomic E-state index is 13.0. The van der Waals surface area contributed by atoms with Gasteiger partial charge in [0, 0.05) is 21.9 Å². The van der Waals surface area contributed by atoms with Crippen molar-refractivity contribution in [2.75, 3.05) is 6.26 Å². The molecule has 0 aliphatic rings. The Morgan fingerprint density at radius 3 is 2.77 bits per heavy atom. The highest BCUT2D eigenvalue weighted by Crippen LogP contribution is 2.27. The van der Waals surface area contributed by atoms with E-state index in [0.717, 1.165) is 26.4 Å². The van der Waals surface area contributed by atoms with E-state index in [9.17, 15) is 19.5 Å². The number of fused-ring (bicyclic) bond motifs is 1. The molecule has 158 valence electrons. The SMILES string of the molecule is CSc1ccccc1COc1ccc(Cl)c(-n2c(=O)[nH]c3csc(C(=O)O)c3c2=O)c1. The molecule has 0 atom stereocenters. The van der Waals surface area contributed by atoms with Crippen LogP contribution in [0.4, 0.5) is 0 Å². The van der Waals surface area contributed by atoms with Gasteiger partial charge in [-0.3, -0.25) is 4.79 Å². The molecule has 0 bridgehead atoms. The maximum Gasteiger partial charge on any atom is 0.346 e. The van der Waals surface area contributed by atoms with Crippen molar-refractivity contribution in [2.24, 2.45) is 0 Å². The Hall–Kier alpha value is -3.01. The zero-order valence-corrected chi connectivity index (χ0v) is 18.4. The van der Waals surface area contributed by atoms with E-state index >= 15 is 0 Å². The fourth-order valence-corrected chi connectivity index (χ4v) is 4.78. The number of carbonyl (C=O) groups is 1. The van der Waals surface area contributed by atoms with Crippen LogP contribution in [0.15, 0.2) is 62.3 Å². The van der Waals surface area contributed by atoms with Gasteiger partial charge < -0.3 is 14.8 Å². The summed E-state index contributed by atoms with van der Waals surface area (Å²) >= 11 is 8.76. The van der Waals surface area contributed by atoms with Crippen molar-refractivity contribution in [3.63, 3.8) is 0 Å². The molecule has 0 fully saturated rings. The number of aromatic amines is 1. The van der Waals surface area contributed by atoms with Crippen molar-refractivity contribution < 1.29 is 14.6 Å². The van der Waals surface area contributed by atoms with Gasteiger partial charge in [0.1, 0.15) is 17.2 Å². The molecule has 2 aromatic carbocycles. The summed E-state index contributed by atoms with van der Waals surface area (Å²) in [6, 6.07) is 12.5. The summed E-state index contributed by atoms with van der Waals surface area (Å²) in [6.45, 7) is 0.288. The van der Waals surface area contributed by atoms with E-state index in [1.807, 2.05) is 30.5 Å². The fraction of sp³-hybridized carbons (Fsp3) is 0.0952. The van der Waals surface area contributed by atoms with Crippen molar-refractivity contribution in [1.82, 2.24) is 9.55 Å². The van der Waals surface area contributed by atoms with Crippen molar-refractivity contribution in [1.29, 1.82) is 0 Å². The van der Waals surface area contributed by atoms with Crippen LogP contribution in [0.1, 0.15) is 15.2 Å². The highest BCUT2D eigenvalue weighted by molar-refractivity contribution is 7.98. The van der Waals surface area contributed by atoms with Crippen LogP contribution >= 0.6 is 34.7 Å². The number of carboxylic acid groups (broad SMARTS) is 1. The number of ether oxygens (including phenoxy) is 1. The van der Waals surface area contributed by atoms with Gasteiger partial charge in [-0.25, -0.2) is 14.2 Å². The van der Waals surface area contributed by atoms with Crippen LogP contribution in [0, 0.1) is 0 Å². The molecular formula is C21H15ClN2O5S2. The number of rotatable bonds is 6. The second-order valence-corrected chi connectivity index (χ2v) is 8.58. The zero-order chi connectivity index (χ0) is 22.1. The molecule has 2 heterocycles. The Labute approximate surface area is 188 Å². The van der Waals surface area contributed by atoms with Crippen LogP contribution in [0.3, 0.4) is 0 Å². The number of thioether (sulfide) groups is 1. The maximum atomic E-state index is 13.0. The number of aromatic carboxylic acids is 1. The first-order valence-corrected chi connectivity index (χ1v) is 11.4. The normalized spacial score (nSPS) is 11.0. The lowest BCUT2D eigenvalue weighted by atomic mass is 10.2. The monoisotopic (exact) mass is 474 g/mol. The quantitative estimate of drug-likeness (QED) is 0.402. The molecule has 4 aromatic rings. The topological polar surface area (TPSA) is 101 Å². The van der Waals surface area contributed by atoms with Gasteiger partial charge in [0.05, 0.1) is 21.6 Å². The fourth-order valence-electron chi connectivity index (χ4n) is 3.15. The summed E-state index contributed by atoms with van der Waals surface area (Å²) in [5.41, 5.74) is -0.214. The van der Waals surface area contributed by atoms with Gasteiger partial charge in [-0.2, -0.15) is 0 Å². The number of nitrogens with zero attached hydrogens (tertiary/aromatic N) is 1. The van der Waals surface area contributed by atoms with E-state index in [4.69, 9.17) is 16.3 Å². The van der Waals surface area contributed by atoms with Gasteiger partial charge in [0.25, 0.3) is 5.56 Å². The summed E-state index contributed by atoms with van der Waals surface area (Å²) in [5, 5.41) is 10.9. The number of hydrogen-bond acceptors (Lipinski definition) is 6. The molecular weight excluding hydrogens is 460 g/mol. The Morgan fingerprint density at radius 2 is 2.03 bits per heavy atom. The van der Waals surface area contributed by atoms with E-state index in [2.05, 4.69) is 4.98 Å². The zero-order valence-electron chi connectivity index (χ0n) is 16.0. The van der Waals surface area contributed by atoms with Gasteiger partial charge in [-0.05, 0) is 24.5 Å². The van der Waals surface area contributed by atoms with E-state index < -0.39 is 17.2 Å². The third kappa shape index (κ3) is 3.99. The number of benzene rings is 2. The second kappa shape index (κ2) is 8.62. The Kier molecular flexibility index (Phi) is 5.90. The first-order valence-electron chi connectivity index (χ1n) is 8.95. The number of halogens is 1. The molecule has 2 aromatic heterocycles. The summed E-state index contributed by atoms with van der Waals surface area (Å²) in [4.78, 5) is 40.6. The van der Waals surface area contributed by atoms with Crippen LogP contribution in [-0.4, -0.2) is 26.9 Å². The molecule has 0 aliphatic carbocycles. The first kappa shape index (κ1) is 21.2. The van der Waals surface area contributed by atoms with E-state index in [-0.39, 0.29) is 33.1 Å². The summed E-state index contributed by atoms with van der Waals surface area (Å²) in [5.74, 6) is -0.836. The lowest BCUT2D eigenvalue weighted by molar-refractivity contribution is 0.0704. The molecule has 0 saturated heterocycles. The molecule has 0 saturated carbocycles. The molecule has 10 heteroatoms. The van der Waals surface area contributed by atoms with E-state index in [1.165, 1.54) is 17.5 Å². The predicted molar refractivity (Wildman–Crippen MR) is 123 cm³/mol. The number of hydrogen-bond donors (Lipinski definition) is 2. The van der Waals surface area contributed by atoms with E-state index in [0.29, 0.717) is 5.75 Å². The highest BCUT2D eigenvalue weighted by Gasteiger charge is 2.20. The van der Waals surface area contributed by atoms with Gasteiger partial charge in [0.2, 0.25) is 0 Å². The smallest absolute Gasteiger partial charge is 0.346 e. The molecule has 31 heavy (non-hydrogen) atoms. The van der Waals surface area contributed by atoms with Crippen LogP contribution in [0.5, 0.6) is 5.75 Å². The largest absolute Gasteiger partial charge is 0.489 e. The van der Waals surface area contributed by atoms with Crippen LogP contribution in [0.25, 0.3) is 16.6 Å². The minimum atomic E-state index is -1.24. The Balaban J connectivity index is 1.78. The second-order valence-electron chi connectivity index (χ2n) is 6.44. The summed E-state index contributed by atoms with van der Waals surface area (Å²) in [6.07, 6.45) is 1.98. The molecule has 0 spiro atoms.